The molecule has 1 saturated heterocycles. The lowest BCUT2D eigenvalue weighted by Crippen LogP contribution is -2.54. The maximum Gasteiger partial charge on any atom is 0.410 e. The third-order valence-corrected chi connectivity index (χ3v) is 3.65. The summed E-state index contributed by atoms with van der Waals surface area (Å²) >= 11 is 6.05. The minimum absolute atomic E-state index is 0.227. The second kappa shape index (κ2) is 6.14. The molecule has 0 saturated carbocycles. The summed E-state index contributed by atoms with van der Waals surface area (Å²) in [5.74, 6) is 0. The number of carbonyl (C=O) groups excluding carboxylic acids is 1. The molecule has 2 rings (SSSR count). The molecule has 1 aliphatic heterocycles. The fourth-order valence-corrected chi connectivity index (χ4v) is 2.67. The molecule has 21 heavy (non-hydrogen) atoms. The number of piperazine rings is 1. The largest absolute Gasteiger partial charge is 0.444 e. The zero-order chi connectivity index (χ0) is 15.6. The Bertz CT molecular complexity index is 513. The van der Waals surface area contributed by atoms with E-state index in [9.17, 15) is 4.79 Å². The third-order valence-electron chi connectivity index (χ3n) is 3.42. The van der Waals surface area contributed by atoms with Gasteiger partial charge in [-0.2, -0.15) is 0 Å². The lowest BCUT2D eigenvalue weighted by molar-refractivity contribution is 0.0219. The van der Waals surface area contributed by atoms with Crippen LogP contribution in [0.25, 0.3) is 0 Å². The maximum absolute atomic E-state index is 12.1. The van der Waals surface area contributed by atoms with Crippen LogP contribution in [0.5, 0.6) is 0 Å². The highest BCUT2D eigenvalue weighted by Gasteiger charge is 2.29. The van der Waals surface area contributed by atoms with E-state index in [-0.39, 0.29) is 12.1 Å². The molecule has 1 amide bonds. The van der Waals surface area contributed by atoms with Crippen LogP contribution in [0.3, 0.4) is 0 Å². The molecule has 0 bridgehead atoms. The highest BCUT2D eigenvalue weighted by atomic mass is 35.5. The van der Waals surface area contributed by atoms with Crippen LogP contribution in [-0.4, -0.2) is 42.3 Å². The molecule has 5 heteroatoms. The van der Waals surface area contributed by atoms with Gasteiger partial charge in [0.2, 0.25) is 0 Å². The van der Waals surface area contributed by atoms with Gasteiger partial charge in [-0.1, -0.05) is 17.7 Å². The molecule has 1 fully saturated rings. The number of hydrogen-bond donors (Lipinski definition) is 0. The standard InChI is InChI=1S/C16H23ClN2O2/c1-12-11-18(15(20)21-16(2,3)4)8-9-19(12)14-7-5-6-13(17)10-14/h5-7,10,12H,8-9,11H2,1-4H3/t12-/m1/s1. The van der Waals surface area contributed by atoms with Crippen LogP contribution in [0.15, 0.2) is 24.3 Å². The van der Waals surface area contributed by atoms with Crippen LogP contribution in [0.4, 0.5) is 10.5 Å². The Balaban J connectivity index is 2.01. The third kappa shape index (κ3) is 4.27. The summed E-state index contributed by atoms with van der Waals surface area (Å²) < 4.78 is 5.43. The van der Waals surface area contributed by atoms with Crippen LogP contribution < -0.4 is 4.90 Å². The van der Waals surface area contributed by atoms with Crippen molar-refractivity contribution in [3.8, 4) is 0 Å². The highest BCUT2D eigenvalue weighted by molar-refractivity contribution is 6.30. The molecule has 0 N–H and O–H groups in total. The fraction of sp³-hybridized carbons (Fsp3) is 0.562. The van der Waals surface area contributed by atoms with Gasteiger partial charge in [-0.05, 0) is 45.9 Å². The first-order valence-corrected chi connectivity index (χ1v) is 7.64. The van der Waals surface area contributed by atoms with E-state index < -0.39 is 5.60 Å². The quantitative estimate of drug-likeness (QED) is 0.791. The lowest BCUT2D eigenvalue weighted by Gasteiger charge is -2.41. The predicted octanol–water partition coefficient (Wildman–Crippen LogP) is 3.79. The zero-order valence-electron chi connectivity index (χ0n) is 13.1. The summed E-state index contributed by atoms with van der Waals surface area (Å²) in [6.45, 7) is 9.86. The number of benzene rings is 1. The van der Waals surface area contributed by atoms with Crippen molar-refractivity contribution in [3.63, 3.8) is 0 Å². The second-order valence-electron chi connectivity index (χ2n) is 6.45. The van der Waals surface area contributed by atoms with Gasteiger partial charge in [-0.15, -0.1) is 0 Å². The summed E-state index contributed by atoms with van der Waals surface area (Å²) in [4.78, 5) is 16.2. The predicted molar refractivity (Wildman–Crippen MR) is 86.1 cm³/mol. The average molecular weight is 311 g/mol. The lowest BCUT2D eigenvalue weighted by atomic mass is 10.1. The van der Waals surface area contributed by atoms with Crippen LogP contribution in [-0.2, 0) is 4.74 Å². The van der Waals surface area contributed by atoms with Gasteiger partial charge < -0.3 is 14.5 Å². The van der Waals surface area contributed by atoms with Crippen molar-refractivity contribution in [2.75, 3.05) is 24.5 Å². The number of nitrogens with zero attached hydrogens (tertiary/aromatic N) is 2. The first-order valence-electron chi connectivity index (χ1n) is 7.26. The van der Waals surface area contributed by atoms with Crippen LogP contribution in [0, 0.1) is 0 Å². The van der Waals surface area contributed by atoms with Gasteiger partial charge in [0.25, 0.3) is 0 Å². The van der Waals surface area contributed by atoms with E-state index in [1.165, 1.54) is 0 Å². The monoisotopic (exact) mass is 310 g/mol. The summed E-state index contributed by atoms with van der Waals surface area (Å²) in [6.07, 6.45) is -0.236. The summed E-state index contributed by atoms with van der Waals surface area (Å²) in [5.41, 5.74) is 0.642. The van der Waals surface area contributed by atoms with Crippen molar-refractivity contribution in [2.24, 2.45) is 0 Å². The van der Waals surface area contributed by atoms with Crippen molar-refractivity contribution < 1.29 is 9.53 Å². The molecule has 1 aromatic rings. The van der Waals surface area contributed by atoms with E-state index in [2.05, 4.69) is 11.8 Å². The van der Waals surface area contributed by atoms with Gasteiger partial charge in [0, 0.05) is 36.4 Å². The molecular formula is C16H23ClN2O2. The Morgan fingerprint density at radius 1 is 1.33 bits per heavy atom. The average Bonchev–Trinajstić information content (AvgIpc) is 2.36. The molecule has 1 aromatic carbocycles. The van der Waals surface area contributed by atoms with Gasteiger partial charge >= 0.3 is 6.09 Å². The Morgan fingerprint density at radius 2 is 2.05 bits per heavy atom. The number of ether oxygens (including phenoxy) is 1. The van der Waals surface area contributed by atoms with E-state index in [1.54, 1.807) is 4.90 Å². The van der Waals surface area contributed by atoms with E-state index >= 15 is 0 Å². The first kappa shape index (κ1) is 16.0. The number of anilines is 1. The van der Waals surface area contributed by atoms with Crippen molar-refractivity contribution in [3.05, 3.63) is 29.3 Å². The molecule has 116 valence electrons. The molecule has 0 spiro atoms. The van der Waals surface area contributed by atoms with Crippen molar-refractivity contribution in [1.29, 1.82) is 0 Å². The van der Waals surface area contributed by atoms with Crippen LogP contribution >= 0.6 is 11.6 Å². The van der Waals surface area contributed by atoms with Crippen LogP contribution in [0.1, 0.15) is 27.7 Å². The zero-order valence-corrected chi connectivity index (χ0v) is 13.9. The highest BCUT2D eigenvalue weighted by Crippen LogP contribution is 2.24. The number of halogens is 1. The molecule has 1 heterocycles. The Morgan fingerprint density at radius 3 is 2.62 bits per heavy atom. The smallest absolute Gasteiger partial charge is 0.410 e. The molecular weight excluding hydrogens is 288 g/mol. The Hall–Kier alpha value is -1.42. The van der Waals surface area contributed by atoms with E-state index in [4.69, 9.17) is 16.3 Å². The van der Waals surface area contributed by atoms with Crippen molar-refractivity contribution >= 4 is 23.4 Å². The second-order valence-corrected chi connectivity index (χ2v) is 6.89. The Labute approximate surface area is 131 Å². The number of hydrogen-bond acceptors (Lipinski definition) is 3. The van der Waals surface area contributed by atoms with E-state index in [0.717, 1.165) is 17.3 Å². The molecule has 0 aromatic heterocycles. The molecule has 4 nitrogen and oxygen atoms in total. The number of rotatable bonds is 1. The topological polar surface area (TPSA) is 32.8 Å². The molecule has 0 unspecified atom stereocenters. The first-order chi connectivity index (χ1) is 9.76. The molecule has 1 aliphatic rings. The maximum atomic E-state index is 12.1. The van der Waals surface area contributed by atoms with E-state index in [1.807, 2.05) is 45.0 Å². The number of carbonyl (C=O) groups is 1. The normalized spacial score (nSPS) is 19.6. The fourth-order valence-electron chi connectivity index (χ4n) is 2.49. The Kier molecular flexibility index (Phi) is 4.67. The molecule has 0 radical (unpaired) electrons. The van der Waals surface area contributed by atoms with Gasteiger partial charge in [-0.3, -0.25) is 0 Å². The van der Waals surface area contributed by atoms with E-state index in [0.29, 0.717) is 13.1 Å². The molecule has 0 aliphatic carbocycles. The number of amides is 1. The van der Waals surface area contributed by atoms with Gasteiger partial charge in [-0.25, -0.2) is 4.79 Å². The molecule has 1 atom stereocenters. The van der Waals surface area contributed by atoms with Gasteiger partial charge in [0.15, 0.2) is 0 Å². The van der Waals surface area contributed by atoms with Crippen molar-refractivity contribution in [2.45, 2.75) is 39.3 Å². The summed E-state index contributed by atoms with van der Waals surface area (Å²) in [5, 5.41) is 0.731. The van der Waals surface area contributed by atoms with Crippen molar-refractivity contribution in [1.82, 2.24) is 4.90 Å². The summed E-state index contributed by atoms with van der Waals surface area (Å²) in [7, 11) is 0. The van der Waals surface area contributed by atoms with Crippen LogP contribution in [0.2, 0.25) is 5.02 Å². The summed E-state index contributed by atoms with van der Waals surface area (Å²) in [6, 6.07) is 8.05. The SMILES string of the molecule is C[C@@H]1CN(C(=O)OC(C)(C)C)CCN1c1cccc(Cl)c1. The van der Waals surface area contributed by atoms with Gasteiger partial charge in [0.05, 0.1) is 0 Å². The van der Waals surface area contributed by atoms with Gasteiger partial charge in [0.1, 0.15) is 5.60 Å². The minimum Gasteiger partial charge on any atom is -0.444 e. The minimum atomic E-state index is -0.454.